The molecule has 6 aromatic rings. The van der Waals surface area contributed by atoms with Crippen LogP contribution in [0.15, 0.2) is 57.7 Å². The van der Waals surface area contributed by atoms with Crippen molar-refractivity contribution in [3.63, 3.8) is 0 Å². The van der Waals surface area contributed by atoms with Gasteiger partial charge in [-0.05, 0) is 50.3 Å². The highest BCUT2D eigenvalue weighted by Gasteiger charge is 2.30. The Morgan fingerprint density at radius 3 is 1.97 bits per heavy atom. The number of aromatic nitrogens is 7. The van der Waals surface area contributed by atoms with Crippen LogP contribution in [0.4, 0.5) is 11.9 Å². The Balaban J connectivity index is 1.01. The van der Waals surface area contributed by atoms with Crippen molar-refractivity contribution in [1.29, 1.82) is 0 Å². The van der Waals surface area contributed by atoms with Crippen molar-refractivity contribution in [3.05, 3.63) is 82.7 Å². The second-order valence-electron chi connectivity index (χ2n) is 15.0. The molecule has 0 atom stereocenters. The Labute approximate surface area is 341 Å². The van der Waals surface area contributed by atoms with Gasteiger partial charge in [0.15, 0.2) is 5.65 Å². The number of fused-ring (bicyclic) bond motifs is 2. The van der Waals surface area contributed by atoms with E-state index >= 15 is 0 Å². The molecule has 4 amide bonds. The Hall–Kier alpha value is -6.93. The third kappa shape index (κ3) is 8.32. The standard InChI is InChI=1S/C40H42N12O8/c41-34(53)24-16-28-33(30(18-24)58-13-3-8-50-11-14-57-15-12-50)51(39(44-28)46-37(55)31-19-26(48-59-31)22-4-5-22)9-1-2-10-52-36-29(17-25(21-43-36)35(42)54)45-40(52)47-38(56)32-20-27(49-60-32)23-6-7-23/h1-2,16-23H,3-15H2,(H2,41,53)(H2,42,54)(H,44,46,55)(H,45,47,56)/b2-1+. The first-order valence-electron chi connectivity index (χ1n) is 19.8. The topological polar surface area (TPSA) is 267 Å². The van der Waals surface area contributed by atoms with Crippen LogP contribution in [0.5, 0.6) is 5.75 Å². The first-order valence-corrected chi connectivity index (χ1v) is 19.8. The highest BCUT2D eigenvalue weighted by atomic mass is 16.5. The lowest BCUT2D eigenvalue weighted by atomic mass is 10.1. The molecule has 9 rings (SSSR count). The number of carbonyl (C=O) groups excluding carboxylic acids is 4. The molecule has 1 aromatic carbocycles. The Bertz CT molecular complexity index is 2640. The average molecular weight is 819 g/mol. The molecule has 2 aliphatic carbocycles. The van der Waals surface area contributed by atoms with Crippen molar-refractivity contribution in [2.75, 3.05) is 50.1 Å². The largest absolute Gasteiger partial charge is 0.491 e. The first kappa shape index (κ1) is 38.6. The van der Waals surface area contributed by atoms with Gasteiger partial charge in [0.2, 0.25) is 35.2 Å². The molecule has 0 unspecified atom stereocenters. The number of hydrogen-bond acceptors (Lipinski definition) is 14. The van der Waals surface area contributed by atoms with E-state index in [4.69, 9.17) is 35.0 Å². The van der Waals surface area contributed by atoms with Crippen LogP contribution in [0.2, 0.25) is 0 Å². The van der Waals surface area contributed by atoms with Gasteiger partial charge in [-0.1, -0.05) is 22.5 Å². The number of pyridine rings is 1. The summed E-state index contributed by atoms with van der Waals surface area (Å²) in [6.45, 7) is 4.50. The van der Waals surface area contributed by atoms with Gasteiger partial charge in [0.1, 0.15) is 16.8 Å². The summed E-state index contributed by atoms with van der Waals surface area (Å²) >= 11 is 0. The van der Waals surface area contributed by atoms with Crippen molar-refractivity contribution in [3.8, 4) is 5.75 Å². The number of carbonyl (C=O) groups is 4. The predicted molar refractivity (Wildman–Crippen MR) is 214 cm³/mol. The molecule has 20 nitrogen and oxygen atoms in total. The number of anilines is 2. The summed E-state index contributed by atoms with van der Waals surface area (Å²) < 4.78 is 25.9. The number of allylic oxidation sites excluding steroid dienone is 2. The molecule has 0 spiro atoms. The van der Waals surface area contributed by atoms with E-state index in [9.17, 15) is 19.2 Å². The van der Waals surface area contributed by atoms with Crippen molar-refractivity contribution in [2.24, 2.45) is 11.5 Å². The van der Waals surface area contributed by atoms with Crippen LogP contribution in [0.1, 0.15) is 97.2 Å². The van der Waals surface area contributed by atoms with Crippen LogP contribution < -0.4 is 26.8 Å². The number of nitrogens with two attached hydrogens (primary N) is 2. The van der Waals surface area contributed by atoms with Gasteiger partial charge in [0.05, 0.1) is 42.3 Å². The van der Waals surface area contributed by atoms with E-state index in [2.05, 4.69) is 35.8 Å². The molecule has 2 saturated carbocycles. The van der Waals surface area contributed by atoms with E-state index in [-0.39, 0.29) is 53.6 Å². The Morgan fingerprint density at radius 1 is 0.767 bits per heavy atom. The maximum atomic E-state index is 13.5. The lowest BCUT2D eigenvalue weighted by Crippen LogP contribution is -2.37. The predicted octanol–water partition coefficient (Wildman–Crippen LogP) is 3.57. The molecule has 310 valence electrons. The summed E-state index contributed by atoms with van der Waals surface area (Å²) in [6.07, 6.45) is 9.66. The van der Waals surface area contributed by atoms with Crippen molar-refractivity contribution in [1.82, 2.24) is 39.3 Å². The van der Waals surface area contributed by atoms with E-state index < -0.39 is 23.6 Å². The number of primary amides is 2. The highest BCUT2D eigenvalue weighted by Crippen LogP contribution is 2.40. The number of morpholine rings is 1. The molecule has 0 radical (unpaired) electrons. The summed E-state index contributed by atoms with van der Waals surface area (Å²) in [5, 5.41) is 13.8. The summed E-state index contributed by atoms with van der Waals surface area (Å²) in [7, 11) is 0. The number of hydrogen-bond donors (Lipinski definition) is 4. The van der Waals surface area contributed by atoms with Crippen molar-refractivity contribution < 1.29 is 37.7 Å². The molecule has 3 aliphatic rings. The van der Waals surface area contributed by atoms with Gasteiger partial charge in [0.25, 0.3) is 11.8 Å². The number of imidazole rings is 2. The lowest BCUT2D eigenvalue weighted by molar-refractivity contribution is 0.0358. The third-order valence-corrected chi connectivity index (χ3v) is 10.6. The molecule has 20 heteroatoms. The number of nitrogens with zero attached hydrogens (tertiary/aromatic N) is 8. The van der Waals surface area contributed by atoms with E-state index in [1.807, 2.05) is 12.2 Å². The number of rotatable bonds is 17. The normalized spacial score (nSPS) is 15.9. The van der Waals surface area contributed by atoms with Gasteiger partial charge in [-0.2, -0.15) is 0 Å². The van der Waals surface area contributed by atoms with Crippen LogP contribution in [0, 0.1) is 0 Å². The van der Waals surface area contributed by atoms with Gasteiger partial charge in [0, 0.05) is 68.5 Å². The molecule has 6 N–H and O–H groups in total. The quantitative estimate of drug-likeness (QED) is 0.0757. The Kier molecular flexibility index (Phi) is 10.5. The monoisotopic (exact) mass is 818 g/mol. The third-order valence-electron chi connectivity index (χ3n) is 10.6. The number of benzene rings is 1. The molecular weight excluding hydrogens is 777 g/mol. The fourth-order valence-electron chi connectivity index (χ4n) is 7.09. The minimum absolute atomic E-state index is 0.0334. The first-order chi connectivity index (χ1) is 29.2. The summed E-state index contributed by atoms with van der Waals surface area (Å²) in [6, 6.07) is 7.88. The zero-order chi connectivity index (χ0) is 41.3. The molecule has 5 aromatic heterocycles. The van der Waals surface area contributed by atoms with Gasteiger partial charge < -0.3 is 34.6 Å². The van der Waals surface area contributed by atoms with Crippen LogP contribution in [-0.4, -0.2) is 102 Å². The molecule has 3 fully saturated rings. The van der Waals surface area contributed by atoms with Gasteiger partial charge in [-0.3, -0.25) is 39.3 Å². The minimum atomic E-state index is -0.677. The zero-order valence-electron chi connectivity index (χ0n) is 32.5. The molecule has 6 heterocycles. The van der Waals surface area contributed by atoms with Crippen LogP contribution in [0.25, 0.3) is 22.2 Å². The van der Waals surface area contributed by atoms with E-state index in [0.717, 1.165) is 56.7 Å². The molecule has 0 bridgehead atoms. The van der Waals surface area contributed by atoms with Gasteiger partial charge >= 0.3 is 0 Å². The van der Waals surface area contributed by atoms with Gasteiger partial charge in [-0.25, -0.2) is 15.0 Å². The number of amides is 4. The fourth-order valence-corrected chi connectivity index (χ4v) is 7.09. The highest BCUT2D eigenvalue weighted by molar-refractivity contribution is 6.04. The summed E-state index contributed by atoms with van der Waals surface area (Å²) in [5.74, 6) is -1.16. The van der Waals surface area contributed by atoms with Crippen LogP contribution in [-0.2, 0) is 17.8 Å². The fraction of sp³-hybridized carbons (Fsp3) is 0.375. The average Bonchev–Trinajstić information content (AvgIpc) is 4.09. The maximum Gasteiger partial charge on any atom is 0.296 e. The van der Waals surface area contributed by atoms with Gasteiger partial charge in [-0.15, -0.1) is 0 Å². The van der Waals surface area contributed by atoms with E-state index in [1.165, 1.54) is 12.3 Å². The molecule has 1 aliphatic heterocycles. The molecule has 1 saturated heterocycles. The molecule has 60 heavy (non-hydrogen) atoms. The second kappa shape index (κ2) is 16.4. The maximum absolute atomic E-state index is 13.5. The number of nitrogens with one attached hydrogen (secondary N) is 2. The lowest BCUT2D eigenvalue weighted by Gasteiger charge is -2.26. The summed E-state index contributed by atoms with van der Waals surface area (Å²) in [5.41, 5.74) is 14.6. The van der Waals surface area contributed by atoms with E-state index in [0.29, 0.717) is 60.1 Å². The van der Waals surface area contributed by atoms with E-state index in [1.54, 1.807) is 33.4 Å². The van der Waals surface area contributed by atoms with Crippen LogP contribution >= 0.6 is 0 Å². The van der Waals surface area contributed by atoms with Crippen LogP contribution in [0.3, 0.4) is 0 Å². The summed E-state index contributed by atoms with van der Waals surface area (Å²) in [4.78, 5) is 67.3. The number of ether oxygens (including phenoxy) is 2. The second-order valence-corrected chi connectivity index (χ2v) is 15.0. The SMILES string of the molecule is NC(=O)c1cnc2c(c1)nc(NC(=O)c1cc(C3CC3)no1)n2C/C=C/Cn1c(NC(=O)c2cc(C3CC3)no2)nc2cc(C(N)=O)cc(OCCCN3CCOCC3)c21. The van der Waals surface area contributed by atoms with Crippen molar-refractivity contribution in [2.45, 2.75) is 57.0 Å². The Morgan fingerprint density at radius 2 is 1.35 bits per heavy atom. The molecular formula is C40H42N12O8. The zero-order valence-corrected chi connectivity index (χ0v) is 32.5. The smallest absolute Gasteiger partial charge is 0.296 e. The minimum Gasteiger partial charge on any atom is -0.491 e. The van der Waals surface area contributed by atoms with Crippen molar-refractivity contribution >= 4 is 57.7 Å².